The van der Waals surface area contributed by atoms with Gasteiger partial charge in [0.15, 0.2) is 0 Å². The Bertz CT molecular complexity index is 144. The Morgan fingerprint density at radius 1 is 1.36 bits per heavy atom. The average Bonchev–Trinajstić information content (AvgIpc) is 1.85. The molecule has 0 radical (unpaired) electrons. The molecule has 0 aliphatic heterocycles. The quantitative estimate of drug-likeness (QED) is 0.602. The van der Waals surface area contributed by atoms with Gasteiger partial charge in [-0.3, -0.25) is 0 Å². The minimum atomic E-state index is -0.568. The third-order valence-corrected chi connectivity index (χ3v) is 2.68. The van der Waals surface area contributed by atoms with Crippen LogP contribution in [0, 0.1) is 5.41 Å². The van der Waals surface area contributed by atoms with E-state index >= 15 is 0 Å². The molecule has 1 aliphatic carbocycles. The van der Waals surface area contributed by atoms with Crippen LogP contribution in [-0.2, 0) is 0 Å². The molecule has 0 aromatic heterocycles. The Morgan fingerprint density at radius 3 is 2.36 bits per heavy atom. The Hall–Kier alpha value is -0.0800. The first kappa shape index (κ1) is 9.01. The van der Waals surface area contributed by atoms with Crippen LogP contribution in [-0.4, -0.2) is 17.3 Å². The predicted molar refractivity (Wildman–Crippen MR) is 46.3 cm³/mol. The lowest BCUT2D eigenvalue weighted by atomic mass is 9.70. The van der Waals surface area contributed by atoms with E-state index in [1.807, 2.05) is 0 Å². The molecule has 11 heavy (non-hydrogen) atoms. The van der Waals surface area contributed by atoms with E-state index in [0.29, 0.717) is 6.54 Å². The smallest absolute Gasteiger partial charge is 0.0774 e. The van der Waals surface area contributed by atoms with Crippen LogP contribution in [0.15, 0.2) is 0 Å². The van der Waals surface area contributed by atoms with E-state index in [1.165, 1.54) is 6.42 Å². The molecule has 1 rings (SSSR count). The predicted octanol–water partition coefficient (Wildman–Crippen LogP) is 1.28. The third kappa shape index (κ3) is 2.17. The van der Waals surface area contributed by atoms with Gasteiger partial charge in [0.25, 0.3) is 0 Å². The third-order valence-electron chi connectivity index (χ3n) is 2.68. The molecule has 1 saturated carbocycles. The van der Waals surface area contributed by atoms with Gasteiger partial charge in [-0.25, -0.2) is 0 Å². The molecule has 1 fully saturated rings. The zero-order chi connectivity index (χ0) is 8.54. The number of aliphatic hydroxyl groups is 1. The van der Waals surface area contributed by atoms with Crippen molar-refractivity contribution in [3.8, 4) is 0 Å². The van der Waals surface area contributed by atoms with Gasteiger partial charge in [-0.05, 0) is 24.7 Å². The highest BCUT2D eigenvalue weighted by molar-refractivity contribution is 4.90. The Balaban J connectivity index is 2.59. The highest BCUT2D eigenvalue weighted by Crippen LogP contribution is 2.40. The number of rotatable bonds is 1. The van der Waals surface area contributed by atoms with Gasteiger partial charge in [0.2, 0.25) is 0 Å². The summed E-state index contributed by atoms with van der Waals surface area (Å²) in [6, 6.07) is 0. The second-order valence-corrected chi connectivity index (χ2v) is 4.62. The average molecular weight is 157 g/mol. The van der Waals surface area contributed by atoms with Gasteiger partial charge in [0, 0.05) is 6.54 Å². The number of hydrogen-bond acceptors (Lipinski definition) is 2. The van der Waals surface area contributed by atoms with Gasteiger partial charge in [0.05, 0.1) is 5.60 Å². The van der Waals surface area contributed by atoms with Crippen molar-refractivity contribution >= 4 is 0 Å². The van der Waals surface area contributed by atoms with Crippen molar-refractivity contribution in [2.24, 2.45) is 11.1 Å². The van der Waals surface area contributed by atoms with E-state index in [9.17, 15) is 5.11 Å². The van der Waals surface area contributed by atoms with Crippen LogP contribution < -0.4 is 5.73 Å². The fraction of sp³-hybridized carbons (Fsp3) is 1.00. The lowest BCUT2D eigenvalue weighted by molar-refractivity contribution is -0.0310. The van der Waals surface area contributed by atoms with Crippen LogP contribution >= 0.6 is 0 Å². The van der Waals surface area contributed by atoms with Gasteiger partial charge < -0.3 is 10.8 Å². The topological polar surface area (TPSA) is 46.2 Å². The molecule has 0 aromatic carbocycles. The van der Waals surface area contributed by atoms with Crippen LogP contribution in [0.3, 0.4) is 0 Å². The SMILES string of the molecule is CC1(C)CCC[C@](O)(CN)C1. The van der Waals surface area contributed by atoms with E-state index in [-0.39, 0.29) is 5.41 Å². The molecule has 0 aromatic rings. The summed E-state index contributed by atoms with van der Waals surface area (Å²) in [5, 5.41) is 9.89. The highest BCUT2D eigenvalue weighted by atomic mass is 16.3. The van der Waals surface area contributed by atoms with Crippen molar-refractivity contribution in [2.45, 2.75) is 45.1 Å². The maximum Gasteiger partial charge on any atom is 0.0774 e. The minimum Gasteiger partial charge on any atom is -0.389 e. The lowest BCUT2D eigenvalue weighted by Gasteiger charge is -2.40. The molecule has 0 heterocycles. The van der Waals surface area contributed by atoms with Crippen LogP contribution in [0.1, 0.15) is 39.5 Å². The van der Waals surface area contributed by atoms with E-state index in [0.717, 1.165) is 19.3 Å². The fourth-order valence-electron chi connectivity index (χ4n) is 2.14. The zero-order valence-electron chi connectivity index (χ0n) is 7.56. The Morgan fingerprint density at radius 2 is 2.00 bits per heavy atom. The summed E-state index contributed by atoms with van der Waals surface area (Å²) in [6.07, 6.45) is 4.07. The van der Waals surface area contributed by atoms with Crippen molar-refractivity contribution in [3.05, 3.63) is 0 Å². The second kappa shape index (κ2) is 2.76. The summed E-state index contributed by atoms with van der Waals surface area (Å²) in [4.78, 5) is 0. The first-order chi connectivity index (χ1) is 4.97. The van der Waals surface area contributed by atoms with Crippen LogP contribution in [0.2, 0.25) is 0 Å². The van der Waals surface area contributed by atoms with E-state index in [1.54, 1.807) is 0 Å². The molecule has 1 atom stereocenters. The van der Waals surface area contributed by atoms with Gasteiger partial charge >= 0.3 is 0 Å². The monoisotopic (exact) mass is 157 g/mol. The standard InChI is InChI=1S/C9H19NO/c1-8(2)4-3-5-9(11,6-8)7-10/h11H,3-7,10H2,1-2H3/t9-/m1/s1. The summed E-state index contributed by atoms with van der Waals surface area (Å²) in [5.41, 5.74) is 5.22. The van der Waals surface area contributed by atoms with Crippen molar-refractivity contribution in [3.63, 3.8) is 0 Å². The molecule has 2 nitrogen and oxygen atoms in total. The van der Waals surface area contributed by atoms with Crippen LogP contribution in [0.4, 0.5) is 0 Å². The fourth-order valence-corrected chi connectivity index (χ4v) is 2.14. The molecule has 0 bridgehead atoms. The maximum atomic E-state index is 9.89. The summed E-state index contributed by atoms with van der Waals surface area (Å²) >= 11 is 0. The van der Waals surface area contributed by atoms with Crippen molar-refractivity contribution in [2.75, 3.05) is 6.54 Å². The van der Waals surface area contributed by atoms with Crippen molar-refractivity contribution < 1.29 is 5.11 Å². The summed E-state index contributed by atoms with van der Waals surface area (Å²) in [6.45, 7) is 4.82. The normalized spacial score (nSPS) is 37.1. The largest absolute Gasteiger partial charge is 0.389 e. The first-order valence-electron chi connectivity index (χ1n) is 4.40. The lowest BCUT2D eigenvalue weighted by Crippen LogP contribution is -2.44. The molecule has 2 heteroatoms. The number of hydrogen-bond donors (Lipinski definition) is 2. The van der Waals surface area contributed by atoms with E-state index in [2.05, 4.69) is 13.8 Å². The first-order valence-corrected chi connectivity index (χ1v) is 4.40. The molecule has 0 amide bonds. The molecule has 1 aliphatic rings. The molecular weight excluding hydrogens is 138 g/mol. The Kier molecular flexibility index (Phi) is 2.26. The molecule has 0 saturated heterocycles. The van der Waals surface area contributed by atoms with Gasteiger partial charge in [-0.15, -0.1) is 0 Å². The highest BCUT2D eigenvalue weighted by Gasteiger charge is 2.37. The molecule has 0 unspecified atom stereocenters. The summed E-state index contributed by atoms with van der Waals surface area (Å²) in [7, 11) is 0. The second-order valence-electron chi connectivity index (χ2n) is 4.62. The van der Waals surface area contributed by atoms with Crippen LogP contribution in [0.25, 0.3) is 0 Å². The maximum absolute atomic E-state index is 9.89. The molecule has 0 spiro atoms. The molecule has 66 valence electrons. The Labute approximate surface area is 68.8 Å². The zero-order valence-corrected chi connectivity index (χ0v) is 7.56. The van der Waals surface area contributed by atoms with E-state index in [4.69, 9.17) is 5.73 Å². The molecular formula is C9H19NO. The van der Waals surface area contributed by atoms with Crippen molar-refractivity contribution in [1.82, 2.24) is 0 Å². The number of nitrogens with two attached hydrogens (primary N) is 1. The summed E-state index contributed by atoms with van der Waals surface area (Å²) in [5.74, 6) is 0. The van der Waals surface area contributed by atoms with Crippen molar-refractivity contribution in [1.29, 1.82) is 0 Å². The summed E-state index contributed by atoms with van der Waals surface area (Å²) < 4.78 is 0. The van der Waals surface area contributed by atoms with Crippen LogP contribution in [0.5, 0.6) is 0 Å². The van der Waals surface area contributed by atoms with E-state index < -0.39 is 5.60 Å². The minimum absolute atomic E-state index is 0.284. The molecule has 3 N–H and O–H groups in total. The van der Waals surface area contributed by atoms with Gasteiger partial charge in [-0.2, -0.15) is 0 Å². The van der Waals surface area contributed by atoms with Gasteiger partial charge in [0.1, 0.15) is 0 Å². The van der Waals surface area contributed by atoms with Gasteiger partial charge in [-0.1, -0.05) is 20.3 Å².